The van der Waals surface area contributed by atoms with Crippen LogP contribution in [0.1, 0.15) is 49.7 Å². The molecule has 0 heterocycles. The van der Waals surface area contributed by atoms with Gasteiger partial charge in [-0.25, -0.2) is 9.59 Å². The summed E-state index contributed by atoms with van der Waals surface area (Å²) in [7, 11) is 0. The van der Waals surface area contributed by atoms with Gasteiger partial charge in [0.25, 0.3) is 0 Å². The molecule has 0 unspecified atom stereocenters. The third kappa shape index (κ3) is 25.5. The van der Waals surface area contributed by atoms with Gasteiger partial charge in [0.15, 0.2) is 0 Å². The summed E-state index contributed by atoms with van der Waals surface area (Å²) < 4.78 is 31.7. The van der Waals surface area contributed by atoms with Crippen molar-refractivity contribution in [1.82, 2.24) is 21.3 Å². The number of alkyl carbamates (subject to hydrolysis) is 1. The van der Waals surface area contributed by atoms with Crippen LogP contribution in [-0.4, -0.2) is 119 Å². The topological polar surface area (TPSA) is 226 Å². The van der Waals surface area contributed by atoms with Gasteiger partial charge in [-0.05, 0) is 30.4 Å². The van der Waals surface area contributed by atoms with E-state index in [1.54, 1.807) is 12.1 Å². The Kier molecular flexibility index (Phi) is 25.3. The van der Waals surface area contributed by atoms with Crippen LogP contribution in [-0.2, 0) is 65.6 Å². The van der Waals surface area contributed by atoms with Gasteiger partial charge in [0, 0.05) is 32.5 Å². The number of unbranched alkanes of at least 4 members (excludes halogenated alkanes) is 1. The van der Waals surface area contributed by atoms with E-state index in [1.165, 1.54) is 0 Å². The van der Waals surface area contributed by atoms with Gasteiger partial charge in [-0.2, -0.15) is 0 Å². The fourth-order valence-corrected chi connectivity index (χ4v) is 4.52. The number of rotatable bonds is 31. The fraction of sp³-hybridized carbons (Fsp3) is 0.526. The highest BCUT2D eigenvalue weighted by molar-refractivity contribution is 5.94. The lowest BCUT2D eigenvalue weighted by Crippen LogP contribution is -2.41. The first-order valence-electron chi connectivity index (χ1n) is 18.2. The molecule has 17 nitrogen and oxygen atoms in total. The lowest BCUT2D eigenvalue weighted by molar-refractivity contribution is -0.147. The Morgan fingerprint density at radius 3 is 1.55 bits per heavy atom. The number of aliphatic carboxylic acids is 1. The first kappa shape index (κ1) is 46.1. The number of hydrogen-bond acceptors (Lipinski definition) is 12. The highest BCUT2D eigenvalue weighted by atomic mass is 16.6. The average Bonchev–Trinajstić information content (AvgIpc) is 3.18. The van der Waals surface area contributed by atoms with Crippen LogP contribution in [0.2, 0.25) is 0 Å². The number of carboxylic acid groups (broad SMARTS) is 1. The van der Waals surface area contributed by atoms with Crippen molar-refractivity contribution < 1.29 is 62.3 Å². The van der Waals surface area contributed by atoms with Gasteiger partial charge in [0.2, 0.25) is 17.7 Å². The van der Waals surface area contributed by atoms with E-state index >= 15 is 0 Å². The average molecular weight is 775 g/mol. The SMILES string of the molecule is O=C(CCOCCOCCNC(=O)CCOCCOCCNC(=O)CC(=O)OCc1ccccc1)NCCCC[C@H](NC(=O)OCc1ccccc1)C(=O)O. The zero-order chi connectivity index (χ0) is 39.8. The molecule has 17 heteroatoms. The summed E-state index contributed by atoms with van der Waals surface area (Å²) in [5, 5.41) is 19.8. The number of amides is 4. The smallest absolute Gasteiger partial charge is 0.408 e. The Bertz CT molecular complexity index is 1400. The maximum Gasteiger partial charge on any atom is 0.408 e. The minimum Gasteiger partial charge on any atom is -0.480 e. The van der Waals surface area contributed by atoms with Crippen LogP contribution in [0.25, 0.3) is 0 Å². The third-order valence-electron chi connectivity index (χ3n) is 7.42. The van der Waals surface area contributed by atoms with Crippen molar-refractivity contribution in [2.45, 2.75) is 57.8 Å². The van der Waals surface area contributed by atoms with Crippen molar-refractivity contribution in [3.8, 4) is 0 Å². The van der Waals surface area contributed by atoms with Crippen molar-refractivity contribution in [1.29, 1.82) is 0 Å². The Labute approximate surface area is 321 Å². The molecule has 0 saturated carbocycles. The van der Waals surface area contributed by atoms with E-state index in [9.17, 15) is 33.9 Å². The van der Waals surface area contributed by atoms with E-state index in [1.807, 2.05) is 48.5 Å². The second-order valence-electron chi connectivity index (χ2n) is 11.9. The number of carboxylic acids is 1. The number of esters is 1. The predicted molar refractivity (Wildman–Crippen MR) is 197 cm³/mol. The maximum absolute atomic E-state index is 12.0. The minimum atomic E-state index is -1.16. The predicted octanol–water partition coefficient (Wildman–Crippen LogP) is 1.87. The molecule has 0 aliphatic carbocycles. The van der Waals surface area contributed by atoms with Crippen LogP contribution in [0.5, 0.6) is 0 Å². The number of ether oxygens (including phenoxy) is 6. The Hall–Kier alpha value is -5.10. The van der Waals surface area contributed by atoms with Crippen LogP contribution in [0.3, 0.4) is 0 Å². The van der Waals surface area contributed by atoms with Crippen molar-refractivity contribution in [2.24, 2.45) is 0 Å². The van der Waals surface area contributed by atoms with Gasteiger partial charge >= 0.3 is 18.0 Å². The number of hydrogen-bond donors (Lipinski definition) is 5. The lowest BCUT2D eigenvalue weighted by atomic mass is 10.1. The highest BCUT2D eigenvalue weighted by Crippen LogP contribution is 2.05. The van der Waals surface area contributed by atoms with Gasteiger partial charge < -0.3 is 54.8 Å². The molecule has 0 aliphatic heterocycles. The number of nitrogens with one attached hydrogen (secondary N) is 4. The fourth-order valence-electron chi connectivity index (χ4n) is 4.52. The molecule has 55 heavy (non-hydrogen) atoms. The molecule has 0 saturated heterocycles. The Morgan fingerprint density at radius 1 is 0.545 bits per heavy atom. The molecule has 0 radical (unpaired) electrons. The van der Waals surface area contributed by atoms with Crippen molar-refractivity contribution in [3.63, 3.8) is 0 Å². The van der Waals surface area contributed by atoms with Gasteiger partial charge in [-0.3, -0.25) is 19.2 Å². The van der Waals surface area contributed by atoms with Gasteiger partial charge in [0.05, 0.1) is 52.9 Å². The standard InChI is InChI=1S/C38H54N4O13/c43-33(39-16-8-7-13-32(37(47)48)42-38(49)55-29-31-11-5-2-6-12-31)14-19-50-23-25-52-21-17-40-34(44)15-20-51-24-26-53-22-18-41-35(45)27-36(46)54-28-30-9-3-1-4-10-30/h1-6,9-12,32H,7-8,13-29H2,(H,39,43)(H,40,44)(H,41,45)(H,42,49)(H,47,48)/t32-/m0/s1. The lowest BCUT2D eigenvalue weighted by Gasteiger charge is -2.14. The van der Waals surface area contributed by atoms with E-state index in [0.29, 0.717) is 39.1 Å². The first-order valence-corrected chi connectivity index (χ1v) is 18.2. The second kappa shape index (κ2) is 30.3. The summed E-state index contributed by atoms with van der Waals surface area (Å²) in [6, 6.07) is 17.1. The second-order valence-corrected chi connectivity index (χ2v) is 11.9. The summed E-state index contributed by atoms with van der Waals surface area (Å²) in [6.45, 7) is 3.17. The quantitative estimate of drug-likeness (QED) is 0.0420. The summed E-state index contributed by atoms with van der Waals surface area (Å²) in [5.74, 6) is -2.60. The van der Waals surface area contributed by atoms with Crippen LogP contribution in [0.15, 0.2) is 60.7 Å². The molecular formula is C38H54N4O13. The van der Waals surface area contributed by atoms with E-state index < -0.39 is 30.0 Å². The Morgan fingerprint density at radius 2 is 1.02 bits per heavy atom. The zero-order valence-electron chi connectivity index (χ0n) is 31.1. The van der Waals surface area contributed by atoms with Gasteiger partial charge in [-0.1, -0.05) is 60.7 Å². The minimum absolute atomic E-state index is 0.0356. The largest absolute Gasteiger partial charge is 0.480 e. The molecule has 1 atom stereocenters. The molecule has 0 aliphatic rings. The van der Waals surface area contributed by atoms with Crippen LogP contribution >= 0.6 is 0 Å². The molecule has 2 rings (SSSR count). The van der Waals surface area contributed by atoms with E-state index in [0.717, 1.165) is 11.1 Å². The van der Waals surface area contributed by atoms with Gasteiger partial charge in [0.1, 0.15) is 25.7 Å². The molecule has 304 valence electrons. The van der Waals surface area contributed by atoms with Crippen molar-refractivity contribution in [3.05, 3.63) is 71.8 Å². The molecule has 0 fully saturated rings. The zero-order valence-corrected chi connectivity index (χ0v) is 31.1. The number of carbonyl (C=O) groups excluding carboxylic acids is 5. The maximum atomic E-state index is 12.0. The molecule has 5 N–H and O–H groups in total. The normalized spacial score (nSPS) is 11.2. The molecule has 4 amide bonds. The van der Waals surface area contributed by atoms with Crippen LogP contribution in [0, 0.1) is 0 Å². The molecule has 0 spiro atoms. The van der Waals surface area contributed by atoms with Crippen LogP contribution < -0.4 is 21.3 Å². The molecular weight excluding hydrogens is 720 g/mol. The molecule has 2 aromatic carbocycles. The summed E-state index contributed by atoms with van der Waals surface area (Å²) in [4.78, 5) is 71.0. The molecule has 0 aromatic heterocycles. The van der Waals surface area contributed by atoms with Crippen molar-refractivity contribution in [2.75, 3.05) is 72.5 Å². The Balaban J connectivity index is 1.31. The van der Waals surface area contributed by atoms with E-state index in [-0.39, 0.29) is 96.9 Å². The monoisotopic (exact) mass is 774 g/mol. The van der Waals surface area contributed by atoms with Crippen molar-refractivity contribution >= 4 is 35.8 Å². The first-order chi connectivity index (χ1) is 26.7. The van der Waals surface area contributed by atoms with E-state index in [4.69, 9.17) is 28.4 Å². The molecule has 0 bridgehead atoms. The number of benzene rings is 2. The number of carbonyl (C=O) groups is 6. The highest BCUT2D eigenvalue weighted by Gasteiger charge is 2.20. The summed E-state index contributed by atoms with van der Waals surface area (Å²) in [5.41, 5.74) is 1.63. The summed E-state index contributed by atoms with van der Waals surface area (Å²) in [6.07, 6.45) is 0.349. The summed E-state index contributed by atoms with van der Waals surface area (Å²) >= 11 is 0. The molecule has 2 aromatic rings. The van der Waals surface area contributed by atoms with Gasteiger partial charge in [-0.15, -0.1) is 0 Å². The van der Waals surface area contributed by atoms with Crippen LogP contribution in [0.4, 0.5) is 4.79 Å². The third-order valence-corrected chi connectivity index (χ3v) is 7.42. The van der Waals surface area contributed by atoms with E-state index in [2.05, 4.69) is 21.3 Å².